The first-order chi connectivity index (χ1) is 15.5. The number of nitrogen functional groups attached to an aromatic ring is 2. The number of hydrogen-bond donors (Lipinski definition) is 4. The second kappa shape index (κ2) is 14.3. The first-order valence-corrected chi connectivity index (χ1v) is 12.0. The van der Waals surface area contributed by atoms with Crippen LogP contribution in [0.4, 0.5) is 0 Å². The fourth-order valence-electron chi connectivity index (χ4n) is 4.06. The number of unbranched alkanes of at least 4 members (excludes halogenated alkanes) is 4. The maximum Gasteiger partial charge on any atom is 0.122 e. The smallest absolute Gasteiger partial charge is 0.122 e. The molecule has 0 saturated heterocycles. The molecule has 0 saturated carbocycles. The minimum atomic E-state index is 0.0860. The monoisotopic (exact) mass is 436 g/mol. The Hall–Kier alpha value is -2.82. The van der Waals surface area contributed by atoms with Gasteiger partial charge < -0.3 is 16.2 Å². The lowest BCUT2D eigenvalue weighted by Gasteiger charge is -2.16. The first kappa shape index (κ1) is 25.4. The van der Waals surface area contributed by atoms with E-state index in [1.54, 1.807) is 0 Å². The van der Waals surface area contributed by atoms with Crippen LogP contribution >= 0.6 is 0 Å². The van der Waals surface area contributed by atoms with Crippen LogP contribution in [0.1, 0.15) is 81.4 Å². The van der Waals surface area contributed by atoms with E-state index in [4.69, 9.17) is 27.0 Å². The Bertz CT molecular complexity index is 815. The minimum absolute atomic E-state index is 0.0860. The Morgan fingerprint density at radius 1 is 0.750 bits per heavy atom. The summed E-state index contributed by atoms with van der Waals surface area (Å²) in [5.41, 5.74) is 13.9. The summed E-state index contributed by atoms with van der Waals surface area (Å²) in [6, 6.07) is 15.5. The average molecular weight is 437 g/mol. The van der Waals surface area contributed by atoms with Crippen LogP contribution < -0.4 is 16.2 Å². The molecular formula is C27H40N4O. The van der Waals surface area contributed by atoms with Crippen molar-refractivity contribution in [3.05, 3.63) is 65.2 Å². The summed E-state index contributed by atoms with van der Waals surface area (Å²) >= 11 is 0. The van der Waals surface area contributed by atoms with Crippen molar-refractivity contribution in [2.24, 2.45) is 17.4 Å². The second-order valence-corrected chi connectivity index (χ2v) is 8.65. The molecule has 0 radical (unpaired) electrons. The zero-order valence-corrected chi connectivity index (χ0v) is 19.5. The Labute approximate surface area is 193 Å². The van der Waals surface area contributed by atoms with E-state index in [1.807, 2.05) is 36.4 Å². The van der Waals surface area contributed by atoms with Gasteiger partial charge in [-0.05, 0) is 55.0 Å². The van der Waals surface area contributed by atoms with Crippen molar-refractivity contribution >= 4 is 11.7 Å². The van der Waals surface area contributed by atoms with E-state index >= 15 is 0 Å². The highest BCUT2D eigenvalue weighted by Crippen LogP contribution is 2.21. The normalized spacial score (nSPS) is 11.8. The molecular weight excluding hydrogens is 396 g/mol. The summed E-state index contributed by atoms with van der Waals surface area (Å²) in [7, 11) is 0. The van der Waals surface area contributed by atoms with Gasteiger partial charge in [0, 0.05) is 11.1 Å². The minimum Gasteiger partial charge on any atom is -0.494 e. The third-order valence-electron chi connectivity index (χ3n) is 6.00. The van der Waals surface area contributed by atoms with Gasteiger partial charge in [0.25, 0.3) is 0 Å². The predicted octanol–water partition coefficient (Wildman–Crippen LogP) is 6.02. The fourth-order valence-corrected chi connectivity index (χ4v) is 4.06. The van der Waals surface area contributed by atoms with Crippen LogP contribution in [0.25, 0.3) is 0 Å². The summed E-state index contributed by atoms with van der Waals surface area (Å²) in [6.07, 6.45) is 12.3. The molecule has 0 aromatic heterocycles. The lowest BCUT2D eigenvalue weighted by Crippen LogP contribution is -2.11. The maximum absolute atomic E-state index is 7.45. The third kappa shape index (κ3) is 9.54. The van der Waals surface area contributed by atoms with E-state index < -0.39 is 0 Å². The average Bonchev–Trinajstić information content (AvgIpc) is 2.79. The van der Waals surface area contributed by atoms with E-state index in [0.717, 1.165) is 42.2 Å². The van der Waals surface area contributed by atoms with Gasteiger partial charge in [0.15, 0.2) is 0 Å². The fraction of sp³-hybridized carbons (Fsp3) is 0.481. The van der Waals surface area contributed by atoms with E-state index in [0.29, 0.717) is 0 Å². The number of ether oxygens (including phenoxy) is 1. The van der Waals surface area contributed by atoms with Gasteiger partial charge in [0.2, 0.25) is 0 Å². The highest BCUT2D eigenvalue weighted by molar-refractivity contribution is 5.95. The highest BCUT2D eigenvalue weighted by Gasteiger charge is 2.08. The van der Waals surface area contributed by atoms with Gasteiger partial charge in [0.1, 0.15) is 17.4 Å². The van der Waals surface area contributed by atoms with Crippen LogP contribution in [0.2, 0.25) is 0 Å². The van der Waals surface area contributed by atoms with Crippen molar-refractivity contribution in [3.8, 4) is 5.75 Å². The van der Waals surface area contributed by atoms with Crippen LogP contribution in [0.15, 0.2) is 48.5 Å². The number of amidine groups is 2. The number of nitrogens with one attached hydrogen (secondary N) is 2. The van der Waals surface area contributed by atoms with Crippen LogP contribution in [-0.4, -0.2) is 18.3 Å². The molecule has 0 aliphatic carbocycles. The number of rotatable bonds is 16. The van der Waals surface area contributed by atoms with Gasteiger partial charge in [-0.15, -0.1) is 0 Å². The summed E-state index contributed by atoms with van der Waals surface area (Å²) in [6.45, 7) is 3.00. The van der Waals surface area contributed by atoms with Gasteiger partial charge in [-0.25, -0.2) is 0 Å². The number of benzene rings is 2. The zero-order chi connectivity index (χ0) is 23.2. The third-order valence-corrected chi connectivity index (χ3v) is 6.00. The molecule has 1 unspecified atom stereocenters. The maximum atomic E-state index is 7.45. The molecule has 1 atom stereocenters. The van der Waals surface area contributed by atoms with Crippen molar-refractivity contribution in [2.75, 3.05) is 6.61 Å². The quantitative estimate of drug-likeness (QED) is 0.147. The summed E-state index contributed by atoms with van der Waals surface area (Å²) < 4.78 is 5.91. The van der Waals surface area contributed by atoms with Crippen molar-refractivity contribution in [2.45, 2.75) is 71.1 Å². The van der Waals surface area contributed by atoms with E-state index in [2.05, 4.69) is 19.1 Å². The summed E-state index contributed by atoms with van der Waals surface area (Å²) in [5.74, 6) is 1.80. The molecule has 2 aromatic carbocycles. The van der Waals surface area contributed by atoms with Crippen LogP contribution in [-0.2, 0) is 6.42 Å². The first-order valence-electron chi connectivity index (χ1n) is 12.0. The van der Waals surface area contributed by atoms with E-state index in [-0.39, 0.29) is 11.7 Å². The SMILES string of the molecule is CCCC(CCCCCCCc1ccc(C(=N)N)cc1)CCOc1ccc(C(=N)N)cc1. The molecule has 0 heterocycles. The molecule has 0 aliphatic rings. The van der Waals surface area contributed by atoms with Gasteiger partial charge in [0.05, 0.1) is 6.61 Å². The van der Waals surface area contributed by atoms with Gasteiger partial charge in [-0.3, -0.25) is 10.8 Å². The Kier molecular flexibility index (Phi) is 11.4. The molecule has 0 amide bonds. The molecule has 0 fully saturated rings. The Morgan fingerprint density at radius 3 is 1.91 bits per heavy atom. The van der Waals surface area contributed by atoms with Crippen LogP contribution in [0.5, 0.6) is 5.75 Å². The van der Waals surface area contributed by atoms with Crippen molar-refractivity contribution in [1.82, 2.24) is 0 Å². The topological polar surface area (TPSA) is 109 Å². The van der Waals surface area contributed by atoms with Crippen LogP contribution in [0.3, 0.4) is 0 Å². The number of aryl methyl sites for hydroxylation is 1. The molecule has 174 valence electrons. The second-order valence-electron chi connectivity index (χ2n) is 8.65. The van der Waals surface area contributed by atoms with Gasteiger partial charge >= 0.3 is 0 Å². The van der Waals surface area contributed by atoms with Crippen molar-refractivity contribution in [3.63, 3.8) is 0 Å². The van der Waals surface area contributed by atoms with E-state index in [9.17, 15) is 0 Å². The molecule has 0 spiro atoms. The largest absolute Gasteiger partial charge is 0.494 e. The molecule has 32 heavy (non-hydrogen) atoms. The predicted molar refractivity (Wildman–Crippen MR) is 135 cm³/mol. The Balaban J connectivity index is 1.57. The van der Waals surface area contributed by atoms with Crippen molar-refractivity contribution < 1.29 is 4.74 Å². The molecule has 5 heteroatoms. The van der Waals surface area contributed by atoms with E-state index in [1.165, 1.54) is 56.9 Å². The van der Waals surface area contributed by atoms with Crippen LogP contribution in [0, 0.1) is 16.7 Å². The molecule has 5 nitrogen and oxygen atoms in total. The molecule has 2 rings (SSSR count). The lowest BCUT2D eigenvalue weighted by atomic mass is 9.93. The summed E-state index contributed by atoms with van der Waals surface area (Å²) in [5, 5.41) is 14.9. The molecule has 0 bridgehead atoms. The standard InChI is InChI=1S/C27H40N4O/c1-2-8-21(19-20-32-25-17-15-24(16-18-25)27(30)31)9-6-4-3-5-7-10-22-11-13-23(14-12-22)26(28)29/h11-18,21H,2-10,19-20H2,1H3,(H3,28,29)(H3,30,31). The molecule has 0 aliphatic heterocycles. The highest BCUT2D eigenvalue weighted by atomic mass is 16.5. The Morgan fingerprint density at radius 2 is 1.31 bits per heavy atom. The number of nitrogens with two attached hydrogens (primary N) is 2. The molecule has 2 aromatic rings. The zero-order valence-electron chi connectivity index (χ0n) is 19.5. The number of hydrogen-bond acceptors (Lipinski definition) is 3. The van der Waals surface area contributed by atoms with Gasteiger partial charge in [-0.1, -0.05) is 76.1 Å². The lowest BCUT2D eigenvalue weighted by molar-refractivity contribution is 0.262. The summed E-state index contributed by atoms with van der Waals surface area (Å²) in [4.78, 5) is 0. The molecule has 6 N–H and O–H groups in total. The van der Waals surface area contributed by atoms with Gasteiger partial charge in [-0.2, -0.15) is 0 Å². The van der Waals surface area contributed by atoms with Crippen molar-refractivity contribution in [1.29, 1.82) is 10.8 Å².